The van der Waals surface area contributed by atoms with Crippen LogP contribution in [0.5, 0.6) is 5.88 Å². The summed E-state index contributed by atoms with van der Waals surface area (Å²) in [6.45, 7) is 7.18. The van der Waals surface area contributed by atoms with E-state index in [2.05, 4.69) is 15.0 Å². The molecule has 0 aliphatic carbocycles. The van der Waals surface area contributed by atoms with E-state index in [4.69, 9.17) is 5.11 Å². The van der Waals surface area contributed by atoms with Crippen molar-refractivity contribution < 1.29 is 29.7 Å². The molecule has 0 aromatic carbocycles. The molecule has 0 spiro atoms. The van der Waals surface area contributed by atoms with Gasteiger partial charge in [-0.15, -0.1) is 0 Å². The molecule has 9 heteroatoms. The molecular weight excluding hydrogens is 426 g/mol. The number of hydrogen-bond donors (Lipinski definition) is 5. The number of carbonyl (C=O) groups is 3. The van der Waals surface area contributed by atoms with Crippen LogP contribution in [0.4, 0.5) is 0 Å². The van der Waals surface area contributed by atoms with Crippen molar-refractivity contribution in [3.63, 3.8) is 0 Å². The number of aromatic nitrogens is 2. The van der Waals surface area contributed by atoms with Crippen molar-refractivity contribution in [3.8, 4) is 5.88 Å². The third-order valence-corrected chi connectivity index (χ3v) is 6.08. The second kappa shape index (κ2) is 9.32. The van der Waals surface area contributed by atoms with Gasteiger partial charge in [-0.3, -0.25) is 14.4 Å². The van der Waals surface area contributed by atoms with Gasteiger partial charge in [0.25, 0.3) is 5.91 Å². The number of carboxylic acids is 2. The summed E-state index contributed by atoms with van der Waals surface area (Å²) in [5, 5.41) is 29.6. The third-order valence-electron chi connectivity index (χ3n) is 6.08. The minimum Gasteiger partial charge on any atom is -0.494 e. The van der Waals surface area contributed by atoms with Crippen LogP contribution in [0.3, 0.4) is 0 Å². The Labute approximate surface area is 189 Å². The number of aromatic amines is 2. The first-order valence-electron chi connectivity index (χ1n) is 10.5. The average Bonchev–Trinajstić information content (AvgIpc) is 3.27. The molecule has 33 heavy (non-hydrogen) atoms. The van der Waals surface area contributed by atoms with Crippen molar-refractivity contribution in [1.29, 1.82) is 0 Å². The summed E-state index contributed by atoms with van der Waals surface area (Å²) in [7, 11) is 0. The molecule has 0 unspecified atom stereocenters. The average molecular weight is 453 g/mol. The van der Waals surface area contributed by atoms with Gasteiger partial charge in [-0.2, -0.15) is 0 Å². The topological polar surface area (TPSA) is 156 Å². The maximum Gasteiger partial charge on any atom is 0.303 e. The Morgan fingerprint density at radius 1 is 0.879 bits per heavy atom. The summed E-state index contributed by atoms with van der Waals surface area (Å²) < 4.78 is 0. The molecule has 0 bridgehead atoms. The summed E-state index contributed by atoms with van der Waals surface area (Å²) in [5.41, 5.74) is 5.33. The Bertz CT molecular complexity index is 1340. The second-order valence-electron chi connectivity index (χ2n) is 8.18. The summed E-state index contributed by atoms with van der Waals surface area (Å²) in [6, 6.07) is 0. The van der Waals surface area contributed by atoms with Crippen molar-refractivity contribution in [2.24, 2.45) is 4.99 Å². The zero-order valence-electron chi connectivity index (χ0n) is 19.0. The molecule has 2 aromatic rings. The van der Waals surface area contributed by atoms with Gasteiger partial charge >= 0.3 is 11.9 Å². The van der Waals surface area contributed by atoms with E-state index < -0.39 is 17.8 Å². The number of aliphatic imine (C=N–C) groups is 1. The lowest BCUT2D eigenvalue weighted by Crippen LogP contribution is -2.16. The first-order valence-corrected chi connectivity index (χ1v) is 10.5. The lowest BCUT2D eigenvalue weighted by atomic mass is 10.00. The number of aromatic hydroxyl groups is 1. The van der Waals surface area contributed by atoms with Crippen LogP contribution in [-0.2, 0) is 20.8 Å². The number of hydrogen-bond acceptors (Lipinski definition) is 4. The van der Waals surface area contributed by atoms with Gasteiger partial charge in [-0.05, 0) is 75.0 Å². The van der Waals surface area contributed by atoms with E-state index >= 15 is 0 Å². The maximum absolute atomic E-state index is 12.2. The van der Waals surface area contributed by atoms with Gasteiger partial charge in [0.2, 0.25) is 0 Å². The summed E-state index contributed by atoms with van der Waals surface area (Å²) in [6.07, 6.45) is 3.75. The van der Waals surface area contributed by atoms with Crippen LogP contribution in [0.2, 0.25) is 0 Å². The summed E-state index contributed by atoms with van der Waals surface area (Å²) in [5.74, 6) is -2.22. The first kappa shape index (κ1) is 23.8. The number of allylic oxidation sites excluding steroid dienone is 1. The smallest absolute Gasteiger partial charge is 0.303 e. The highest BCUT2D eigenvalue weighted by Crippen LogP contribution is 2.23. The fourth-order valence-corrected chi connectivity index (χ4v) is 3.87. The van der Waals surface area contributed by atoms with Gasteiger partial charge in [0.05, 0.1) is 5.71 Å². The highest BCUT2D eigenvalue weighted by molar-refractivity contribution is 6.31. The molecule has 0 saturated carbocycles. The molecule has 0 radical (unpaired) electrons. The minimum absolute atomic E-state index is 0.0768. The van der Waals surface area contributed by atoms with Crippen LogP contribution >= 0.6 is 0 Å². The van der Waals surface area contributed by atoms with Gasteiger partial charge in [-0.1, -0.05) is 0 Å². The van der Waals surface area contributed by atoms with Crippen LogP contribution in [0, 0.1) is 20.8 Å². The number of carboxylic acid groups (broad SMARTS) is 2. The Balaban J connectivity index is 2.16. The monoisotopic (exact) mass is 453 g/mol. The number of nitrogens with zero attached hydrogens (tertiary/aromatic N) is 1. The van der Waals surface area contributed by atoms with Crippen molar-refractivity contribution in [2.45, 2.75) is 53.4 Å². The van der Waals surface area contributed by atoms with Gasteiger partial charge < -0.3 is 25.3 Å². The fourth-order valence-electron chi connectivity index (χ4n) is 3.87. The molecule has 174 valence electrons. The lowest BCUT2D eigenvalue weighted by Gasteiger charge is -2.03. The van der Waals surface area contributed by atoms with Gasteiger partial charge in [0.15, 0.2) is 5.88 Å². The van der Waals surface area contributed by atoms with Crippen LogP contribution in [0.15, 0.2) is 16.1 Å². The van der Waals surface area contributed by atoms with Crippen LogP contribution in [0.1, 0.15) is 54.1 Å². The van der Waals surface area contributed by atoms with Crippen molar-refractivity contribution in [1.82, 2.24) is 9.97 Å². The molecule has 1 aliphatic heterocycles. The third kappa shape index (κ3) is 4.97. The quantitative estimate of drug-likeness (QED) is 0.410. The molecule has 2 aromatic heterocycles. The van der Waals surface area contributed by atoms with Crippen molar-refractivity contribution in [3.05, 3.63) is 49.8 Å². The standard InChI is InChI=1S/C24H27N3O6/c1-11-12(2)23(32)26-17(11)9-18-13(3)15(5-7-21(28)29)19(25-18)10-20-16(6-8-22(30)31)14(4)24(33)27-20/h9-10,25-26,32H,5-8H2,1-4H3,(H,28,29)(H,30,31). The van der Waals surface area contributed by atoms with E-state index in [0.717, 1.165) is 33.3 Å². The lowest BCUT2D eigenvalue weighted by molar-refractivity contribution is -0.137. The Hall–Kier alpha value is -3.88. The molecular formula is C24H27N3O6. The zero-order valence-corrected chi connectivity index (χ0v) is 19.0. The number of rotatable bonds is 8. The fraction of sp³-hybridized carbons (Fsp3) is 0.333. The SMILES string of the molecule is CC1=C(CCC(=O)O)C(C=c2[nH]c(=Cc3[nH]c(O)c(C)c3C)c(C)c2CCC(=O)O)=NC1=O. The van der Waals surface area contributed by atoms with Crippen LogP contribution in [-0.4, -0.2) is 48.8 Å². The van der Waals surface area contributed by atoms with E-state index in [1.807, 2.05) is 19.9 Å². The van der Waals surface area contributed by atoms with E-state index in [0.29, 0.717) is 22.2 Å². The molecule has 3 rings (SSSR count). The molecule has 9 nitrogen and oxygen atoms in total. The first-order chi connectivity index (χ1) is 15.5. The molecule has 1 aliphatic rings. The maximum atomic E-state index is 12.2. The summed E-state index contributed by atoms with van der Waals surface area (Å²) in [4.78, 5) is 44.7. The predicted molar refractivity (Wildman–Crippen MR) is 123 cm³/mol. The van der Waals surface area contributed by atoms with Gasteiger partial charge in [0, 0.05) is 40.4 Å². The highest BCUT2D eigenvalue weighted by Gasteiger charge is 2.23. The van der Waals surface area contributed by atoms with Crippen LogP contribution < -0.4 is 10.7 Å². The predicted octanol–water partition coefficient (Wildman–Crippen LogP) is 1.76. The number of H-pyrrole nitrogens is 2. The van der Waals surface area contributed by atoms with Crippen LogP contribution in [0.25, 0.3) is 12.2 Å². The van der Waals surface area contributed by atoms with E-state index in [-0.39, 0.29) is 31.6 Å². The highest BCUT2D eigenvalue weighted by atomic mass is 16.4. The normalized spacial score (nSPS) is 15.0. The van der Waals surface area contributed by atoms with E-state index in [9.17, 15) is 24.6 Å². The Kier molecular flexibility index (Phi) is 6.71. The van der Waals surface area contributed by atoms with E-state index in [1.165, 1.54) is 0 Å². The van der Waals surface area contributed by atoms with E-state index in [1.54, 1.807) is 19.9 Å². The molecule has 0 atom stereocenters. The largest absolute Gasteiger partial charge is 0.494 e. The Morgan fingerprint density at radius 2 is 1.52 bits per heavy atom. The van der Waals surface area contributed by atoms with Crippen molar-refractivity contribution >= 4 is 35.7 Å². The number of aliphatic carboxylic acids is 2. The second-order valence-corrected chi connectivity index (χ2v) is 8.18. The summed E-state index contributed by atoms with van der Waals surface area (Å²) >= 11 is 0. The minimum atomic E-state index is -0.969. The molecule has 3 heterocycles. The number of amides is 1. The van der Waals surface area contributed by atoms with Crippen molar-refractivity contribution in [2.75, 3.05) is 0 Å². The number of carbonyl (C=O) groups excluding carboxylic acids is 1. The molecule has 0 saturated heterocycles. The molecule has 1 amide bonds. The van der Waals surface area contributed by atoms with Gasteiger partial charge in [-0.25, -0.2) is 4.99 Å². The molecule has 5 N–H and O–H groups in total. The van der Waals surface area contributed by atoms with Gasteiger partial charge in [0.1, 0.15) is 0 Å². The molecule has 0 fully saturated rings. The Morgan fingerprint density at radius 3 is 2.09 bits per heavy atom. The zero-order chi connectivity index (χ0) is 24.4. The number of nitrogens with one attached hydrogen (secondary N) is 2.